The third kappa shape index (κ3) is 2.41. The van der Waals surface area contributed by atoms with Gasteiger partial charge in [0.2, 0.25) is 0 Å². The number of aromatic nitrogens is 2. The molecule has 0 radical (unpaired) electrons. The number of fused-ring (bicyclic) bond motifs is 1. The van der Waals surface area contributed by atoms with E-state index in [-0.39, 0.29) is 0 Å². The minimum Gasteiger partial charge on any atom is -0.492 e. The van der Waals surface area contributed by atoms with Crippen LogP contribution in [0.4, 0.5) is 5.82 Å². The van der Waals surface area contributed by atoms with E-state index < -0.39 is 0 Å². The topological polar surface area (TPSA) is 39.1 Å². The summed E-state index contributed by atoms with van der Waals surface area (Å²) in [5, 5.41) is 8.40. The van der Waals surface area contributed by atoms with Gasteiger partial charge in [0.05, 0.1) is 11.5 Å². The second-order valence-corrected chi connectivity index (χ2v) is 6.86. The second-order valence-electron chi connectivity index (χ2n) is 5.58. The highest BCUT2D eigenvalue weighted by Crippen LogP contribution is 2.38. The van der Waals surface area contributed by atoms with Gasteiger partial charge in [-0.25, -0.2) is 4.68 Å². The van der Waals surface area contributed by atoms with Gasteiger partial charge in [-0.2, -0.15) is 5.10 Å². The summed E-state index contributed by atoms with van der Waals surface area (Å²) in [5.41, 5.74) is 3.38. The van der Waals surface area contributed by atoms with E-state index in [2.05, 4.69) is 30.4 Å². The van der Waals surface area contributed by atoms with Crippen molar-refractivity contribution in [2.24, 2.45) is 0 Å². The van der Waals surface area contributed by atoms with Gasteiger partial charge in [-0.3, -0.25) is 0 Å². The van der Waals surface area contributed by atoms with Crippen LogP contribution in [-0.2, 0) is 6.42 Å². The van der Waals surface area contributed by atoms with E-state index >= 15 is 0 Å². The van der Waals surface area contributed by atoms with Crippen molar-refractivity contribution in [2.75, 3.05) is 18.5 Å². The molecule has 23 heavy (non-hydrogen) atoms. The van der Waals surface area contributed by atoms with Crippen molar-refractivity contribution < 1.29 is 4.74 Å². The summed E-state index contributed by atoms with van der Waals surface area (Å²) in [7, 11) is 0. The van der Waals surface area contributed by atoms with Gasteiger partial charge < -0.3 is 10.1 Å². The summed E-state index contributed by atoms with van der Waals surface area (Å²) in [6, 6.07) is 12.4. The van der Waals surface area contributed by atoms with Crippen LogP contribution in [0.1, 0.15) is 17.4 Å². The highest BCUT2D eigenvalue weighted by molar-refractivity contribution is 7.15. The van der Waals surface area contributed by atoms with Gasteiger partial charge in [-0.15, -0.1) is 11.3 Å². The molecule has 0 saturated carbocycles. The first kappa shape index (κ1) is 14.3. The van der Waals surface area contributed by atoms with Crippen molar-refractivity contribution in [3.05, 3.63) is 46.8 Å². The lowest BCUT2D eigenvalue weighted by molar-refractivity contribution is 0.338. The summed E-state index contributed by atoms with van der Waals surface area (Å²) in [5.74, 6) is 1.96. The Hall–Kier alpha value is -2.27. The minimum atomic E-state index is 0.644. The lowest BCUT2D eigenvalue weighted by Crippen LogP contribution is -2.06. The van der Waals surface area contributed by atoms with Crippen LogP contribution in [-0.4, -0.2) is 22.9 Å². The predicted molar refractivity (Wildman–Crippen MR) is 95.0 cm³/mol. The number of ether oxygens (including phenoxy) is 1. The molecule has 0 aliphatic carbocycles. The van der Waals surface area contributed by atoms with Crippen LogP contribution in [0, 0.1) is 6.92 Å². The molecular weight excluding hydrogens is 306 g/mol. The molecule has 0 saturated heterocycles. The van der Waals surface area contributed by atoms with E-state index in [1.165, 1.54) is 15.3 Å². The van der Waals surface area contributed by atoms with Gasteiger partial charge in [0, 0.05) is 17.0 Å². The van der Waals surface area contributed by atoms with E-state index in [1.54, 1.807) is 11.3 Å². The molecule has 4 rings (SSSR count). The Balaban J connectivity index is 1.88. The zero-order valence-electron chi connectivity index (χ0n) is 13.3. The Morgan fingerprint density at radius 1 is 1.26 bits per heavy atom. The highest BCUT2D eigenvalue weighted by Gasteiger charge is 2.25. The third-order valence-corrected chi connectivity index (χ3v) is 5.03. The second kappa shape index (κ2) is 5.74. The van der Waals surface area contributed by atoms with Crippen LogP contribution in [0.3, 0.4) is 0 Å². The maximum Gasteiger partial charge on any atom is 0.145 e. The van der Waals surface area contributed by atoms with Gasteiger partial charge >= 0.3 is 0 Å². The molecule has 2 aromatic heterocycles. The van der Waals surface area contributed by atoms with Crippen molar-refractivity contribution in [3.8, 4) is 22.0 Å². The first-order valence-electron chi connectivity index (χ1n) is 7.92. The zero-order chi connectivity index (χ0) is 15.8. The van der Waals surface area contributed by atoms with Crippen molar-refractivity contribution >= 4 is 17.2 Å². The summed E-state index contributed by atoms with van der Waals surface area (Å²) in [6.45, 7) is 5.74. The Kier molecular flexibility index (Phi) is 3.58. The summed E-state index contributed by atoms with van der Waals surface area (Å²) >= 11 is 1.79. The largest absolute Gasteiger partial charge is 0.492 e. The normalized spacial score (nSPS) is 13.0. The van der Waals surface area contributed by atoms with Crippen LogP contribution in [0.15, 0.2) is 36.4 Å². The molecule has 4 nitrogen and oxygen atoms in total. The van der Waals surface area contributed by atoms with Gasteiger partial charge in [0.1, 0.15) is 22.9 Å². The quantitative estimate of drug-likeness (QED) is 0.778. The third-order valence-electron chi connectivity index (χ3n) is 4.02. The first-order chi connectivity index (χ1) is 11.3. The average Bonchev–Trinajstić information content (AvgIpc) is 3.24. The minimum absolute atomic E-state index is 0.644. The smallest absolute Gasteiger partial charge is 0.145 e. The number of hydrogen-bond acceptors (Lipinski definition) is 4. The predicted octanol–water partition coefficient (Wildman–Crippen LogP) is 4.28. The van der Waals surface area contributed by atoms with E-state index in [0.717, 1.165) is 35.9 Å². The molecule has 3 heterocycles. The zero-order valence-corrected chi connectivity index (χ0v) is 14.1. The standard InChI is InChI=1S/C18H19N3OS/c1-3-22-15-7-5-4-6-14(15)21-18-13(10-11-19-18)17(20-21)16-9-8-12(2)23-16/h4-9,19H,3,10-11H2,1-2H3. The van der Waals surface area contributed by atoms with Crippen molar-refractivity contribution in [1.82, 2.24) is 9.78 Å². The maximum absolute atomic E-state index is 5.78. The fraction of sp³-hybridized carbons (Fsp3) is 0.278. The number of para-hydroxylation sites is 2. The molecule has 0 atom stereocenters. The molecule has 118 valence electrons. The van der Waals surface area contributed by atoms with E-state index in [1.807, 2.05) is 29.8 Å². The number of rotatable bonds is 4. The van der Waals surface area contributed by atoms with Crippen molar-refractivity contribution in [3.63, 3.8) is 0 Å². The number of hydrogen-bond donors (Lipinski definition) is 1. The Bertz CT molecular complexity index is 850. The van der Waals surface area contributed by atoms with Crippen LogP contribution < -0.4 is 10.1 Å². The molecule has 5 heteroatoms. The number of anilines is 1. The average molecular weight is 325 g/mol. The maximum atomic E-state index is 5.78. The molecule has 0 amide bonds. The first-order valence-corrected chi connectivity index (χ1v) is 8.74. The summed E-state index contributed by atoms with van der Waals surface area (Å²) in [6.07, 6.45) is 1.01. The number of thiophene rings is 1. The van der Waals surface area contributed by atoms with Crippen molar-refractivity contribution in [1.29, 1.82) is 0 Å². The molecule has 0 spiro atoms. The lowest BCUT2D eigenvalue weighted by Gasteiger charge is -2.12. The fourth-order valence-corrected chi connectivity index (χ4v) is 3.90. The van der Waals surface area contributed by atoms with Crippen LogP contribution in [0.2, 0.25) is 0 Å². The molecular formula is C18H19N3OS. The van der Waals surface area contributed by atoms with Gasteiger partial charge in [-0.1, -0.05) is 12.1 Å². The van der Waals surface area contributed by atoms with Gasteiger partial charge in [-0.05, 0) is 44.5 Å². The van der Waals surface area contributed by atoms with Crippen LogP contribution in [0.25, 0.3) is 16.3 Å². The molecule has 3 aromatic rings. The van der Waals surface area contributed by atoms with E-state index in [0.29, 0.717) is 6.61 Å². The van der Waals surface area contributed by atoms with Gasteiger partial charge in [0.15, 0.2) is 0 Å². The highest BCUT2D eigenvalue weighted by atomic mass is 32.1. The molecule has 1 aliphatic rings. The Labute approximate surface area is 139 Å². The molecule has 1 aromatic carbocycles. The number of benzene rings is 1. The molecule has 0 bridgehead atoms. The SMILES string of the molecule is CCOc1ccccc1-n1nc(-c2ccc(C)s2)c2c1NCC2. The molecule has 0 fully saturated rings. The number of nitrogens with zero attached hydrogens (tertiary/aromatic N) is 2. The Morgan fingerprint density at radius 2 is 2.13 bits per heavy atom. The van der Waals surface area contributed by atoms with Crippen LogP contribution in [0.5, 0.6) is 5.75 Å². The molecule has 1 aliphatic heterocycles. The van der Waals surface area contributed by atoms with Crippen molar-refractivity contribution in [2.45, 2.75) is 20.3 Å². The summed E-state index contributed by atoms with van der Waals surface area (Å²) in [4.78, 5) is 2.54. The number of aryl methyl sites for hydroxylation is 1. The molecule has 1 N–H and O–H groups in total. The summed E-state index contributed by atoms with van der Waals surface area (Å²) < 4.78 is 7.78. The van der Waals surface area contributed by atoms with Crippen LogP contribution >= 0.6 is 11.3 Å². The van der Waals surface area contributed by atoms with Gasteiger partial charge in [0.25, 0.3) is 0 Å². The van der Waals surface area contributed by atoms with E-state index in [4.69, 9.17) is 9.84 Å². The fourth-order valence-electron chi connectivity index (χ4n) is 3.02. The Morgan fingerprint density at radius 3 is 2.91 bits per heavy atom. The monoisotopic (exact) mass is 325 g/mol. The molecule has 0 unspecified atom stereocenters. The van der Waals surface area contributed by atoms with E-state index in [9.17, 15) is 0 Å². The number of nitrogens with one attached hydrogen (secondary N) is 1. The lowest BCUT2D eigenvalue weighted by atomic mass is 10.2.